The zero-order chi connectivity index (χ0) is 17.2. The lowest BCUT2D eigenvalue weighted by atomic mass is 10.0. The number of carbonyl (C=O) groups excluding carboxylic acids is 1. The Kier molecular flexibility index (Phi) is 17.6. The topological polar surface area (TPSA) is 57.5 Å². The van der Waals surface area contributed by atoms with Gasteiger partial charge in [-0.3, -0.25) is 4.79 Å². The van der Waals surface area contributed by atoms with Crippen molar-refractivity contribution in [2.45, 2.75) is 116 Å². The first-order chi connectivity index (χ1) is 11.2. The summed E-state index contributed by atoms with van der Waals surface area (Å²) in [5.74, 6) is -0.220. The van der Waals surface area contributed by atoms with Crippen LogP contribution in [-0.2, 0) is 4.79 Å². The fourth-order valence-corrected chi connectivity index (χ4v) is 2.94. The van der Waals surface area contributed by atoms with Crippen molar-refractivity contribution in [3.63, 3.8) is 0 Å². The molecular weight excluding hydrogens is 288 g/mol. The molecule has 0 amide bonds. The van der Waals surface area contributed by atoms with E-state index in [4.69, 9.17) is 10.2 Å². The molecule has 0 saturated carbocycles. The van der Waals surface area contributed by atoms with Crippen LogP contribution in [0.2, 0.25) is 0 Å². The standard InChI is InChI=1S/C20H40O3/c1-2-3-4-5-6-7-8-9-10-11-12-13-14-15-16-17-19(22)20(23)18-21/h20-21,23H,2-18H2,1H3. The molecule has 138 valence electrons. The zero-order valence-electron chi connectivity index (χ0n) is 15.4. The molecule has 0 bridgehead atoms. The monoisotopic (exact) mass is 328 g/mol. The minimum absolute atomic E-state index is 0.220. The van der Waals surface area contributed by atoms with E-state index in [0.29, 0.717) is 6.42 Å². The van der Waals surface area contributed by atoms with Crippen LogP contribution in [0, 0.1) is 0 Å². The average Bonchev–Trinajstić information content (AvgIpc) is 2.57. The summed E-state index contributed by atoms with van der Waals surface area (Å²) in [7, 11) is 0. The Balaban J connectivity index is 3.09. The van der Waals surface area contributed by atoms with Gasteiger partial charge in [-0.25, -0.2) is 0 Å². The lowest BCUT2D eigenvalue weighted by Crippen LogP contribution is -2.23. The molecule has 3 heteroatoms. The summed E-state index contributed by atoms with van der Waals surface area (Å²) in [6, 6.07) is 0. The fraction of sp³-hybridized carbons (Fsp3) is 0.950. The number of aliphatic hydroxyl groups excluding tert-OH is 2. The molecule has 0 aromatic rings. The maximum atomic E-state index is 11.3. The predicted octanol–water partition coefficient (Wildman–Crippen LogP) is 5.17. The molecular formula is C20H40O3. The van der Waals surface area contributed by atoms with E-state index in [9.17, 15) is 4.79 Å². The largest absolute Gasteiger partial charge is 0.393 e. The summed E-state index contributed by atoms with van der Waals surface area (Å²) in [6.07, 6.45) is 18.8. The van der Waals surface area contributed by atoms with E-state index in [1.807, 2.05) is 0 Å². The van der Waals surface area contributed by atoms with Crippen LogP contribution in [-0.4, -0.2) is 28.7 Å². The van der Waals surface area contributed by atoms with E-state index in [0.717, 1.165) is 12.8 Å². The molecule has 0 aromatic carbocycles. The van der Waals surface area contributed by atoms with Crippen molar-refractivity contribution in [2.75, 3.05) is 6.61 Å². The molecule has 23 heavy (non-hydrogen) atoms. The summed E-state index contributed by atoms with van der Waals surface area (Å²) < 4.78 is 0. The molecule has 0 rings (SSSR count). The molecule has 0 spiro atoms. The Morgan fingerprint density at radius 3 is 1.39 bits per heavy atom. The summed E-state index contributed by atoms with van der Waals surface area (Å²) >= 11 is 0. The van der Waals surface area contributed by atoms with Crippen molar-refractivity contribution in [3.8, 4) is 0 Å². The number of hydrogen-bond acceptors (Lipinski definition) is 3. The molecule has 0 radical (unpaired) electrons. The highest BCUT2D eigenvalue weighted by atomic mass is 16.3. The van der Waals surface area contributed by atoms with Crippen molar-refractivity contribution in [1.82, 2.24) is 0 Å². The van der Waals surface area contributed by atoms with Gasteiger partial charge in [-0.15, -0.1) is 0 Å². The first kappa shape index (κ1) is 22.6. The summed E-state index contributed by atoms with van der Waals surface area (Å²) in [5.41, 5.74) is 0. The van der Waals surface area contributed by atoms with Crippen molar-refractivity contribution in [3.05, 3.63) is 0 Å². The number of aliphatic hydroxyl groups is 2. The Morgan fingerprint density at radius 1 is 0.696 bits per heavy atom. The van der Waals surface area contributed by atoms with E-state index in [1.165, 1.54) is 83.5 Å². The number of ketones is 1. The van der Waals surface area contributed by atoms with Gasteiger partial charge in [-0.1, -0.05) is 96.8 Å². The number of unbranched alkanes of at least 4 members (excludes halogenated alkanes) is 14. The third-order valence-corrected chi connectivity index (χ3v) is 4.57. The fourth-order valence-electron chi connectivity index (χ4n) is 2.94. The molecule has 0 aromatic heterocycles. The van der Waals surface area contributed by atoms with E-state index >= 15 is 0 Å². The number of carbonyl (C=O) groups is 1. The van der Waals surface area contributed by atoms with Crippen molar-refractivity contribution >= 4 is 5.78 Å². The molecule has 3 nitrogen and oxygen atoms in total. The highest BCUT2D eigenvalue weighted by Crippen LogP contribution is 2.13. The third-order valence-electron chi connectivity index (χ3n) is 4.57. The van der Waals surface area contributed by atoms with Gasteiger partial charge in [0.05, 0.1) is 6.61 Å². The predicted molar refractivity (Wildman–Crippen MR) is 97.6 cm³/mol. The number of hydrogen-bond donors (Lipinski definition) is 2. The van der Waals surface area contributed by atoms with Crippen LogP contribution in [0.25, 0.3) is 0 Å². The summed E-state index contributed by atoms with van der Waals surface area (Å²) in [4.78, 5) is 11.3. The number of Topliss-reactive ketones (excluding diaryl/α,β-unsaturated/α-hetero) is 1. The van der Waals surface area contributed by atoms with Gasteiger partial charge in [0, 0.05) is 6.42 Å². The van der Waals surface area contributed by atoms with Crippen LogP contribution in [0.5, 0.6) is 0 Å². The molecule has 1 unspecified atom stereocenters. The molecule has 0 aliphatic heterocycles. The molecule has 2 N–H and O–H groups in total. The van der Waals surface area contributed by atoms with Gasteiger partial charge in [-0.05, 0) is 6.42 Å². The van der Waals surface area contributed by atoms with Gasteiger partial charge in [0.15, 0.2) is 5.78 Å². The first-order valence-electron chi connectivity index (χ1n) is 10.0. The molecule has 0 saturated heterocycles. The average molecular weight is 329 g/mol. The van der Waals surface area contributed by atoms with E-state index in [1.54, 1.807) is 0 Å². The maximum absolute atomic E-state index is 11.3. The molecule has 1 atom stereocenters. The van der Waals surface area contributed by atoms with Crippen LogP contribution in [0.3, 0.4) is 0 Å². The zero-order valence-corrected chi connectivity index (χ0v) is 15.4. The second kappa shape index (κ2) is 17.9. The van der Waals surface area contributed by atoms with Crippen LogP contribution in [0.15, 0.2) is 0 Å². The molecule has 0 aliphatic rings. The van der Waals surface area contributed by atoms with Crippen molar-refractivity contribution in [1.29, 1.82) is 0 Å². The van der Waals surface area contributed by atoms with Gasteiger partial charge < -0.3 is 10.2 Å². The van der Waals surface area contributed by atoms with E-state index < -0.39 is 12.7 Å². The third kappa shape index (κ3) is 16.2. The van der Waals surface area contributed by atoms with Crippen LogP contribution in [0.4, 0.5) is 0 Å². The van der Waals surface area contributed by atoms with Gasteiger partial charge in [0.1, 0.15) is 6.10 Å². The molecule has 0 fully saturated rings. The highest BCUT2D eigenvalue weighted by molar-refractivity contribution is 5.82. The Labute approximate surface area is 143 Å². The minimum Gasteiger partial charge on any atom is -0.393 e. The Bertz CT molecular complexity index is 253. The Hall–Kier alpha value is -0.410. The highest BCUT2D eigenvalue weighted by Gasteiger charge is 2.12. The lowest BCUT2D eigenvalue weighted by molar-refractivity contribution is -0.129. The minimum atomic E-state index is -1.17. The second-order valence-corrected chi connectivity index (χ2v) is 6.86. The normalized spacial score (nSPS) is 12.5. The molecule has 0 heterocycles. The van der Waals surface area contributed by atoms with Crippen molar-refractivity contribution in [2.24, 2.45) is 0 Å². The lowest BCUT2D eigenvalue weighted by Gasteiger charge is -2.06. The quantitative estimate of drug-likeness (QED) is 0.341. The van der Waals surface area contributed by atoms with Crippen molar-refractivity contribution < 1.29 is 15.0 Å². The van der Waals surface area contributed by atoms with E-state index in [-0.39, 0.29) is 5.78 Å². The van der Waals surface area contributed by atoms with Gasteiger partial charge in [-0.2, -0.15) is 0 Å². The second-order valence-electron chi connectivity index (χ2n) is 6.86. The number of rotatable bonds is 18. The summed E-state index contributed by atoms with van der Waals surface area (Å²) in [6.45, 7) is 1.82. The van der Waals surface area contributed by atoms with Gasteiger partial charge in [0.2, 0.25) is 0 Å². The SMILES string of the molecule is CCCCCCCCCCCCCCCCCC(=O)C(O)CO. The smallest absolute Gasteiger partial charge is 0.163 e. The maximum Gasteiger partial charge on any atom is 0.163 e. The van der Waals surface area contributed by atoms with Crippen LogP contribution < -0.4 is 0 Å². The van der Waals surface area contributed by atoms with Gasteiger partial charge >= 0.3 is 0 Å². The van der Waals surface area contributed by atoms with Crippen LogP contribution >= 0.6 is 0 Å². The summed E-state index contributed by atoms with van der Waals surface area (Å²) in [5, 5.41) is 17.8. The first-order valence-corrected chi connectivity index (χ1v) is 10.0. The van der Waals surface area contributed by atoms with Crippen LogP contribution in [0.1, 0.15) is 110 Å². The van der Waals surface area contributed by atoms with E-state index in [2.05, 4.69) is 6.92 Å². The van der Waals surface area contributed by atoms with Gasteiger partial charge in [0.25, 0.3) is 0 Å². The molecule has 0 aliphatic carbocycles. The Morgan fingerprint density at radius 2 is 1.04 bits per heavy atom.